The molecule has 0 aromatic heterocycles. The maximum Gasteiger partial charge on any atom is 0.254 e. The van der Waals surface area contributed by atoms with Crippen LogP contribution in [0, 0.1) is 12.3 Å². The Kier molecular flexibility index (Phi) is 11.6. The molecule has 2 atom stereocenters. The van der Waals surface area contributed by atoms with Crippen LogP contribution in [-0.2, 0) is 19.1 Å². The van der Waals surface area contributed by atoms with Crippen LogP contribution >= 0.6 is 0 Å². The highest BCUT2D eigenvalue weighted by atomic mass is 16.5. The molecule has 0 bridgehead atoms. The molecule has 3 amide bonds. The largest absolute Gasteiger partial charge is 0.348 e. The van der Waals surface area contributed by atoms with Crippen molar-refractivity contribution in [3.05, 3.63) is 35.4 Å². The average molecular weight is 545 g/mol. The van der Waals surface area contributed by atoms with Crippen molar-refractivity contribution in [3.8, 4) is 0 Å². The Hall–Kier alpha value is -2.45. The van der Waals surface area contributed by atoms with Crippen LogP contribution in [0.4, 0.5) is 0 Å². The molecule has 1 aliphatic rings. The fourth-order valence-electron chi connectivity index (χ4n) is 5.22. The minimum absolute atomic E-state index is 0.0924. The van der Waals surface area contributed by atoms with Gasteiger partial charge < -0.3 is 24.8 Å². The number of benzene rings is 1. The standard InChI is InChI=1S/C31H52N4O4/c1-11-14-25(24-17-15-23(6)16-18-24)32-26(36)21-35-28(38)31(12-2,13-3)29(35)39-30(7,8)27(37)34(10)20-19-33(9)22(4)5/h15-18,22,25,29H,11-14,19-21H2,1-10H3,(H,32,36)/t25-,29+/m1/s1. The summed E-state index contributed by atoms with van der Waals surface area (Å²) in [4.78, 5) is 45.4. The van der Waals surface area contributed by atoms with E-state index in [0.717, 1.165) is 30.5 Å². The van der Waals surface area contributed by atoms with Gasteiger partial charge in [-0.3, -0.25) is 14.4 Å². The fourth-order valence-corrected chi connectivity index (χ4v) is 5.22. The Morgan fingerprint density at radius 3 is 2.18 bits per heavy atom. The third-order valence-electron chi connectivity index (χ3n) is 8.35. The van der Waals surface area contributed by atoms with E-state index in [-0.39, 0.29) is 30.3 Å². The molecule has 0 saturated carbocycles. The van der Waals surface area contributed by atoms with E-state index in [9.17, 15) is 14.4 Å². The molecule has 1 saturated heterocycles. The van der Waals surface area contributed by atoms with E-state index in [2.05, 4.69) is 31.0 Å². The second-order valence-electron chi connectivity index (χ2n) is 11.9. The summed E-state index contributed by atoms with van der Waals surface area (Å²) in [7, 11) is 3.82. The lowest BCUT2D eigenvalue weighted by Crippen LogP contribution is -2.72. The summed E-state index contributed by atoms with van der Waals surface area (Å²) in [5, 5.41) is 3.13. The molecule has 8 nitrogen and oxygen atoms in total. The third-order valence-corrected chi connectivity index (χ3v) is 8.35. The van der Waals surface area contributed by atoms with Gasteiger partial charge in [0.2, 0.25) is 11.8 Å². The monoisotopic (exact) mass is 544 g/mol. The molecule has 1 aromatic rings. The fraction of sp³-hybridized carbons (Fsp3) is 0.710. The number of nitrogens with one attached hydrogen (secondary N) is 1. The number of likely N-dealkylation sites (tertiary alicyclic amines) is 1. The van der Waals surface area contributed by atoms with Crippen LogP contribution in [0.3, 0.4) is 0 Å². The van der Waals surface area contributed by atoms with Crippen molar-refractivity contribution in [2.45, 2.75) is 105 Å². The summed E-state index contributed by atoms with van der Waals surface area (Å²) in [5.74, 6) is -0.466. The summed E-state index contributed by atoms with van der Waals surface area (Å²) >= 11 is 0. The van der Waals surface area contributed by atoms with Gasteiger partial charge in [-0.05, 0) is 66.5 Å². The minimum Gasteiger partial charge on any atom is -0.348 e. The SMILES string of the molecule is CCC[C@@H](NC(=O)CN1C(=O)C(CC)(CC)[C@@H]1OC(C)(C)C(=O)N(C)CCN(C)C(C)C)c1ccc(C)cc1. The van der Waals surface area contributed by atoms with E-state index >= 15 is 0 Å². The first kappa shape index (κ1) is 32.8. The molecule has 1 N–H and O–H groups in total. The number of rotatable bonds is 15. The molecule has 220 valence electrons. The lowest BCUT2D eigenvalue weighted by Gasteiger charge is -2.56. The van der Waals surface area contributed by atoms with Crippen LogP contribution in [0.2, 0.25) is 0 Å². The molecule has 0 radical (unpaired) electrons. The van der Waals surface area contributed by atoms with Crippen LogP contribution < -0.4 is 5.32 Å². The maximum atomic E-state index is 13.4. The molecule has 2 rings (SSSR count). The molecule has 8 heteroatoms. The van der Waals surface area contributed by atoms with Gasteiger partial charge in [-0.25, -0.2) is 0 Å². The topological polar surface area (TPSA) is 82.2 Å². The van der Waals surface area contributed by atoms with Crippen molar-refractivity contribution in [3.63, 3.8) is 0 Å². The average Bonchev–Trinajstić information content (AvgIpc) is 2.90. The van der Waals surface area contributed by atoms with Crippen molar-refractivity contribution in [2.24, 2.45) is 5.41 Å². The first-order valence-corrected chi connectivity index (χ1v) is 14.5. The first-order valence-electron chi connectivity index (χ1n) is 14.5. The number of carbonyl (C=O) groups excluding carboxylic acids is 3. The summed E-state index contributed by atoms with van der Waals surface area (Å²) in [6, 6.07) is 8.42. The van der Waals surface area contributed by atoms with Crippen LogP contribution in [-0.4, -0.2) is 84.0 Å². The number of amides is 3. The van der Waals surface area contributed by atoms with Crippen molar-refractivity contribution in [2.75, 3.05) is 33.7 Å². The molecular formula is C31H52N4O4. The molecule has 1 fully saturated rings. The van der Waals surface area contributed by atoms with Crippen molar-refractivity contribution >= 4 is 17.7 Å². The van der Waals surface area contributed by atoms with Crippen LogP contribution in [0.25, 0.3) is 0 Å². The zero-order valence-corrected chi connectivity index (χ0v) is 26.0. The lowest BCUT2D eigenvalue weighted by molar-refractivity contribution is -0.249. The predicted octanol–water partition coefficient (Wildman–Crippen LogP) is 4.52. The molecule has 1 heterocycles. The highest BCUT2D eigenvalue weighted by Crippen LogP contribution is 2.47. The summed E-state index contributed by atoms with van der Waals surface area (Å²) in [6.45, 7) is 17.0. The Morgan fingerprint density at radius 2 is 1.67 bits per heavy atom. The Balaban J connectivity index is 2.17. The second-order valence-corrected chi connectivity index (χ2v) is 11.9. The van der Waals surface area contributed by atoms with Crippen molar-refractivity contribution in [1.29, 1.82) is 0 Å². The molecule has 1 aromatic carbocycles. The lowest BCUT2D eigenvalue weighted by atomic mass is 9.71. The Labute approximate surface area is 236 Å². The third kappa shape index (κ3) is 7.60. The van der Waals surface area contributed by atoms with Gasteiger partial charge in [0.25, 0.3) is 5.91 Å². The summed E-state index contributed by atoms with van der Waals surface area (Å²) in [5.41, 5.74) is 0.311. The predicted molar refractivity (Wildman–Crippen MR) is 156 cm³/mol. The zero-order valence-electron chi connectivity index (χ0n) is 26.0. The maximum absolute atomic E-state index is 13.4. The molecule has 39 heavy (non-hydrogen) atoms. The van der Waals surface area contributed by atoms with Gasteiger partial charge >= 0.3 is 0 Å². The smallest absolute Gasteiger partial charge is 0.254 e. The normalized spacial score (nSPS) is 17.8. The number of hydrogen-bond donors (Lipinski definition) is 1. The highest BCUT2D eigenvalue weighted by molar-refractivity contribution is 5.94. The molecule has 0 unspecified atom stereocenters. The molecule has 0 spiro atoms. The number of aryl methyl sites for hydroxylation is 1. The minimum atomic E-state index is -1.16. The van der Waals surface area contributed by atoms with Crippen molar-refractivity contribution < 1.29 is 19.1 Å². The van der Waals surface area contributed by atoms with Gasteiger partial charge in [-0.15, -0.1) is 0 Å². The van der Waals surface area contributed by atoms with Crippen LogP contribution in [0.15, 0.2) is 24.3 Å². The van der Waals surface area contributed by atoms with Gasteiger partial charge in [0.1, 0.15) is 18.4 Å². The second kappa shape index (κ2) is 13.8. The van der Waals surface area contributed by atoms with Crippen LogP contribution in [0.1, 0.15) is 91.3 Å². The van der Waals surface area contributed by atoms with Crippen molar-refractivity contribution in [1.82, 2.24) is 20.0 Å². The molecular weight excluding hydrogens is 492 g/mol. The van der Waals surface area contributed by atoms with Gasteiger partial charge in [0.05, 0.1) is 11.5 Å². The van der Waals surface area contributed by atoms with E-state index < -0.39 is 17.2 Å². The van der Waals surface area contributed by atoms with E-state index in [4.69, 9.17) is 4.74 Å². The number of hydrogen-bond acceptors (Lipinski definition) is 5. The van der Waals surface area contributed by atoms with E-state index in [0.29, 0.717) is 25.4 Å². The van der Waals surface area contributed by atoms with Gasteiger partial charge in [0, 0.05) is 26.2 Å². The van der Waals surface area contributed by atoms with Gasteiger partial charge in [-0.1, -0.05) is 57.0 Å². The van der Waals surface area contributed by atoms with E-state index in [1.54, 1.807) is 25.8 Å². The number of nitrogens with zero attached hydrogens (tertiary/aromatic N) is 3. The van der Waals surface area contributed by atoms with Crippen LogP contribution in [0.5, 0.6) is 0 Å². The quantitative estimate of drug-likeness (QED) is 0.328. The Morgan fingerprint density at radius 1 is 1.08 bits per heavy atom. The highest BCUT2D eigenvalue weighted by Gasteiger charge is 2.61. The zero-order chi connectivity index (χ0) is 29.5. The first-order chi connectivity index (χ1) is 18.2. The molecule has 1 aliphatic heterocycles. The summed E-state index contributed by atoms with van der Waals surface area (Å²) < 4.78 is 6.46. The van der Waals surface area contributed by atoms with E-state index in [1.165, 1.54) is 4.90 Å². The number of β-lactam (4-membered cyclic amide) rings is 1. The number of likely N-dealkylation sites (N-methyl/N-ethyl adjacent to an activating group) is 2. The Bertz CT molecular complexity index is 971. The van der Waals surface area contributed by atoms with E-state index in [1.807, 2.05) is 52.1 Å². The molecule has 0 aliphatic carbocycles. The van der Waals surface area contributed by atoms with Gasteiger partial charge in [-0.2, -0.15) is 0 Å². The summed E-state index contributed by atoms with van der Waals surface area (Å²) in [6.07, 6.45) is 2.22. The number of carbonyl (C=O) groups is 3. The van der Waals surface area contributed by atoms with Gasteiger partial charge in [0.15, 0.2) is 0 Å². The number of ether oxygens (including phenoxy) is 1.